The fourth-order valence-electron chi connectivity index (χ4n) is 1.88. The van der Waals surface area contributed by atoms with Gasteiger partial charge in [-0.15, -0.1) is 0 Å². The standard InChI is InChI=1S/C16H16ClNO3/c1-20-16(19)8-11-4-2-3-5-12(11)10-21-15-9-13(18)6-7-14(15)17/h2-7,9H,8,10,18H2,1H3. The van der Waals surface area contributed by atoms with Crippen molar-refractivity contribution in [3.8, 4) is 5.75 Å². The summed E-state index contributed by atoms with van der Waals surface area (Å²) in [6.45, 7) is 0.302. The molecule has 0 bridgehead atoms. The molecule has 2 rings (SSSR count). The fourth-order valence-corrected chi connectivity index (χ4v) is 2.06. The van der Waals surface area contributed by atoms with Gasteiger partial charge in [-0.1, -0.05) is 35.9 Å². The first-order chi connectivity index (χ1) is 10.1. The van der Waals surface area contributed by atoms with E-state index in [-0.39, 0.29) is 12.4 Å². The molecule has 0 amide bonds. The van der Waals surface area contributed by atoms with Crippen LogP contribution in [0.2, 0.25) is 5.02 Å². The van der Waals surface area contributed by atoms with Crippen molar-refractivity contribution < 1.29 is 14.3 Å². The Labute approximate surface area is 128 Å². The van der Waals surface area contributed by atoms with Crippen molar-refractivity contribution in [1.82, 2.24) is 0 Å². The Balaban J connectivity index is 2.13. The quantitative estimate of drug-likeness (QED) is 0.680. The molecule has 21 heavy (non-hydrogen) atoms. The third-order valence-electron chi connectivity index (χ3n) is 3.02. The van der Waals surface area contributed by atoms with Gasteiger partial charge in [0.15, 0.2) is 0 Å². The summed E-state index contributed by atoms with van der Waals surface area (Å²) in [6, 6.07) is 12.6. The smallest absolute Gasteiger partial charge is 0.309 e. The molecule has 0 aliphatic carbocycles. The van der Waals surface area contributed by atoms with Crippen LogP contribution in [0, 0.1) is 0 Å². The zero-order valence-electron chi connectivity index (χ0n) is 11.6. The normalized spacial score (nSPS) is 10.2. The van der Waals surface area contributed by atoms with Gasteiger partial charge in [-0.2, -0.15) is 0 Å². The summed E-state index contributed by atoms with van der Waals surface area (Å²) in [6.07, 6.45) is 0.209. The Morgan fingerprint density at radius 2 is 1.90 bits per heavy atom. The highest BCUT2D eigenvalue weighted by Crippen LogP contribution is 2.27. The molecular weight excluding hydrogens is 290 g/mol. The van der Waals surface area contributed by atoms with Crippen molar-refractivity contribution in [3.05, 3.63) is 58.6 Å². The minimum atomic E-state index is -0.288. The van der Waals surface area contributed by atoms with Gasteiger partial charge in [0.1, 0.15) is 12.4 Å². The summed E-state index contributed by atoms with van der Waals surface area (Å²) in [5, 5.41) is 0.495. The second-order valence-electron chi connectivity index (χ2n) is 4.50. The Kier molecular flexibility index (Phi) is 5.06. The fraction of sp³-hybridized carbons (Fsp3) is 0.188. The predicted octanol–water partition coefficient (Wildman–Crippen LogP) is 3.22. The molecule has 0 unspecified atom stereocenters. The van der Waals surface area contributed by atoms with Gasteiger partial charge in [0, 0.05) is 11.8 Å². The van der Waals surface area contributed by atoms with E-state index < -0.39 is 0 Å². The number of esters is 1. The number of carbonyl (C=O) groups excluding carboxylic acids is 1. The molecule has 0 radical (unpaired) electrons. The summed E-state index contributed by atoms with van der Waals surface area (Å²) in [4.78, 5) is 11.4. The molecule has 0 aromatic heterocycles. The van der Waals surface area contributed by atoms with Gasteiger partial charge in [-0.05, 0) is 23.3 Å². The highest BCUT2D eigenvalue weighted by molar-refractivity contribution is 6.32. The van der Waals surface area contributed by atoms with Gasteiger partial charge < -0.3 is 15.2 Å². The van der Waals surface area contributed by atoms with Crippen LogP contribution in [-0.4, -0.2) is 13.1 Å². The van der Waals surface area contributed by atoms with Crippen LogP contribution in [-0.2, 0) is 22.6 Å². The molecule has 110 valence electrons. The van der Waals surface area contributed by atoms with Gasteiger partial charge in [-0.3, -0.25) is 4.79 Å². The predicted molar refractivity (Wildman–Crippen MR) is 82.4 cm³/mol. The molecule has 0 heterocycles. The molecule has 2 aromatic carbocycles. The van der Waals surface area contributed by atoms with Crippen LogP contribution in [0.4, 0.5) is 5.69 Å². The highest BCUT2D eigenvalue weighted by atomic mass is 35.5. The maximum atomic E-state index is 11.4. The molecule has 0 aliphatic rings. The van der Waals surface area contributed by atoms with Crippen molar-refractivity contribution in [3.63, 3.8) is 0 Å². The largest absolute Gasteiger partial charge is 0.487 e. The molecule has 0 saturated carbocycles. The minimum absolute atomic E-state index is 0.209. The van der Waals surface area contributed by atoms with Gasteiger partial charge in [0.25, 0.3) is 0 Å². The van der Waals surface area contributed by atoms with Crippen LogP contribution >= 0.6 is 11.6 Å². The molecule has 0 atom stereocenters. The monoisotopic (exact) mass is 305 g/mol. The van der Waals surface area contributed by atoms with E-state index in [0.29, 0.717) is 23.1 Å². The number of hydrogen-bond donors (Lipinski definition) is 1. The Bertz CT molecular complexity index is 643. The Morgan fingerprint density at radius 3 is 2.62 bits per heavy atom. The lowest BCUT2D eigenvalue weighted by Crippen LogP contribution is -2.08. The third kappa shape index (κ3) is 4.13. The van der Waals surface area contributed by atoms with Gasteiger partial charge in [-0.25, -0.2) is 0 Å². The maximum absolute atomic E-state index is 11.4. The van der Waals surface area contributed by atoms with Crippen LogP contribution in [0.5, 0.6) is 5.75 Å². The SMILES string of the molecule is COC(=O)Cc1ccccc1COc1cc(N)ccc1Cl. The number of anilines is 1. The lowest BCUT2D eigenvalue weighted by Gasteiger charge is -2.12. The summed E-state index contributed by atoms with van der Waals surface area (Å²) < 4.78 is 10.4. The molecule has 0 saturated heterocycles. The number of carbonyl (C=O) groups is 1. The van der Waals surface area contributed by atoms with E-state index in [1.165, 1.54) is 7.11 Å². The van der Waals surface area contributed by atoms with E-state index in [2.05, 4.69) is 4.74 Å². The van der Waals surface area contributed by atoms with Gasteiger partial charge in [0.2, 0.25) is 0 Å². The summed E-state index contributed by atoms with van der Waals surface area (Å²) in [5.41, 5.74) is 8.06. The summed E-state index contributed by atoms with van der Waals surface area (Å²) in [7, 11) is 1.37. The van der Waals surface area contributed by atoms with E-state index in [9.17, 15) is 4.79 Å². The Morgan fingerprint density at radius 1 is 1.19 bits per heavy atom. The minimum Gasteiger partial charge on any atom is -0.487 e. The second-order valence-corrected chi connectivity index (χ2v) is 4.91. The van der Waals surface area contributed by atoms with Crippen molar-refractivity contribution in [1.29, 1.82) is 0 Å². The first kappa shape index (κ1) is 15.2. The molecule has 0 fully saturated rings. The van der Waals surface area contributed by atoms with Crippen molar-refractivity contribution in [2.75, 3.05) is 12.8 Å². The zero-order valence-corrected chi connectivity index (χ0v) is 12.4. The van der Waals surface area contributed by atoms with E-state index in [0.717, 1.165) is 11.1 Å². The van der Waals surface area contributed by atoms with Crippen molar-refractivity contribution in [2.45, 2.75) is 13.0 Å². The molecular formula is C16H16ClNO3. The summed E-state index contributed by atoms with van der Waals surface area (Å²) in [5.74, 6) is 0.231. The van der Waals surface area contributed by atoms with Crippen LogP contribution in [0.15, 0.2) is 42.5 Å². The van der Waals surface area contributed by atoms with Crippen LogP contribution in [0.25, 0.3) is 0 Å². The van der Waals surface area contributed by atoms with Crippen LogP contribution in [0.3, 0.4) is 0 Å². The molecule has 0 aliphatic heterocycles. The number of ether oxygens (including phenoxy) is 2. The maximum Gasteiger partial charge on any atom is 0.309 e. The average Bonchev–Trinajstić information content (AvgIpc) is 2.49. The number of rotatable bonds is 5. The van der Waals surface area contributed by atoms with Crippen molar-refractivity contribution >= 4 is 23.3 Å². The first-order valence-electron chi connectivity index (χ1n) is 6.41. The summed E-state index contributed by atoms with van der Waals surface area (Å²) >= 11 is 6.05. The number of methoxy groups -OCH3 is 1. The van der Waals surface area contributed by atoms with Crippen LogP contribution < -0.4 is 10.5 Å². The average molecular weight is 306 g/mol. The van der Waals surface area contributed by atoms with E-state index in [1.807, 2.05) is 24.3 Å². The molecule has 2 N–H and O–H groups in total. The van der Waals surface area contributed by atoms with E-state index >= 15 is 0 Å². The third-order valence-corrected chi connectivity index (χ3v) is 3.33. The number of benzene rings is 2. The molecule has 2 aromatic rings. The number of nitrogens with two attached hydrogens (primary N) is 1. The number of nitrogen functional groups attached to an aromatic ring is 1. The Hall–Kier alpha value is -2.20. The highest BCUT2D eigenvalue weighted by Gasteiger charge is 2.09. The van der Waals surface area contributed by atoms with E-state index in [4.69, 9.17) is 22.1 Å². The lowest BCUT2D eigenvalue weighted by atomic mass is 10.1. The topological polar surface area (TPSA) is 61.5 Å². The van der Waals surface area contributed by atoms with Crippen LogP contribution in [0.1, 0.15) is 11.1 Å². The number of hydrogen-bond acceptors (Lipinski definition) is 4. The van der Waals surface area contributed by atoms with Crippen molar-refractivity contribution in [2.24, 2.45) is 0 Å². The second kappa shape index (κ2) is 6.99. The molecule has 4 nitrogen and oxygen atoms in total. The molecule has 5 heteroatoms. The first-order valence-corrected chi connectivity index (χ1v) is 6.79. The zero-order chi connectivity index (χ0) is 15.2. The van der Waals surface area contributed by atoms with Gasteiger partial charge in [0.05, 0.1) is 18.6 Å². The number of halogens is 1. The molecule has 0 spiro atoms. The van der Waals surface area contributed by atoms with E-state index in [1.54, 1.807) is 18.2 Å². The van der Waals surface area contributed by atoms with Gasteiger partial charge >= 0.3 is 5.97 Å². The lowest BCUT2D eigenvalue weighted by molar-refractivity contribution is -0.139.